The van der Waals surface area contributed by atoms with E-state index < -0.39 is 0 Å². The molecule has 11 heterocycles. The Morgan fingerprint density at radius 2 is 0.859 bits per heavy atom. The van der Waals surface area contributed by atoms with E-state index in [2.05, 4.69) is 94.3 Å². The fraction of sp³-hybridized carbons (Fsp3) is 0.483. The molecule has 1 aliphatic carbocycles. The smallest absolute Gasteiger partial charge is 0.274 e. The van der Waals surface area contributed by atoms with Crippen molar-refractivity contribution >= 4 is 51.6 Å². The normalized spacial score (nSPS) is 21.7. The minimum atomic E-state index is -0.175. The predicted octanol–water partition coefficient (Wildman–Crippen LogP) is 5.43. The van der Waals surface area contributed by atoms with E-state index in [1.165, 1.54) is 19.3 Å². The van der Waals surface area contributed by atoms with Gasteiger partial charge in [-0.25, -0.2) is 15.0 Å². The Hall–Kier alpha value is -7.10. The second-order valence-electron chi connectivity index (χ2n) is 22.1. The largest absolute Gasteiger partial charge is 0.378 e. The zero-order valence-electron chi connectivity index (χ0n) is 45.9. The lowest BCUT2D eigenvalue weighted by Gasteiger charge is -2.46. The van der Waals surface area contributed by atoms with Crippen molar-refractivity contribution in [2.45, 2.75) is 76.3 Å². The van der Waals surface area contributed by atoms with E-state index >= 15 is 0 Å². The van der Waals surface area contributed by atoms with Gasteiger partial charge in [-0.15, -0.1) is 0 Å². The summed E-state index contributed by atoms with van der Waals surface area (Å²) >= 11 is 0. The van der Waals surface area contributed by atoms with Crippen molar-refractivity contribution < 1.29 is 9.47 Å². The van der Waals surface area contributed by atoms with Crippen LogP contribution in [0, 0.1) is 0 Å². The highest BCUT2D eigenvalue weighted by Crippen LogP contribution is 2.31. The summed E-state index contributed by atoms with van der Waals surface area (Å²) in [6.45, 7) is 19.4. The van der Waals surface area contributed by atoms with Crippen molar-refractivity contribution in [2.24, 2.45) is 21.1 Å². The number of aromatic nitrogens is 6. The van der Waals surface area contributed by atoms with Crippen LogP contribution >= 0.6 is 0 Å². The average molecular weight is 1060 g/mol. The monoisotopic (exact) mass is 1060 g/mol. The SMILES string of the molecule is C[C@H]1CN(C2CCC2)CCN1c1ccc(Nc2cc(-c3cc(Nc4ccc(N5CCN(C6COC6)C[C@@H]5C)cn4)c(=O)n(C)c3)cn(C)c2=O)nc1.C[C@H]1CN(C2COC2)CCN1c1ccc(Nc2cccn(C)c2=O)nc1. The summed E-state index contributed by atoms with van der Waals surface area (Å²) in [5.41, 5.74) is 5.75. The minimum absolute atomic E-state index is 0.0666. The van der Waals surface area contributed by atoms with Crippen LogP contribution in [0.2, 0.25) is 0 Å². The molecule has 20 nitrogen and oxygen atoms in total. The molecule has 6 aromatic rings. The van der Waals surface area contributed by atoms with Gasteiger partial charge < -0.3 is 53.8 Å². The molecule has 6 aliphatic rings. The number of hydrogen-bond donors (Lipinski definition) is 3. The van der Waals surface area contributed by atoms with Gasteiger partial charge in [-0.05, 0) is 94.3 Å². The molecular weight excluding hydrogens is 987 g/mol. The summed E-state index contributed by atoms with van der Waals surface area (Å²) < 4.78 is 15.4. The topological polar surface area (TPSA) is 179 Å². The lowest BCUT2D eigenvalue weighted by Crippen LogP contribution is -2.59. The van der Waals surface area contributed by atoms with E-state index in [1.54, 1.807) is 59.5 Å². The van der Waals surface area contributed by atoms with Crippen molar-refractivity contribution in [3.05, 3.63) is 129 Å². The van der Waals surface area contributed by atoms with E-state index in [0.717, 1.165) is 120 Å². The van der Waals surface area contributed by atoms with Crippen LogP contribution in [0.5, 0.6) is 0 Å². The van der Waals surface area contributed by atoms with E-state index in [-0.39, 0.29) is 16.7 Å². The Bertz CT molecular complexity index is 3070. The molecule has 0 bridgehead atoms. The van der Waals surface area contributed by atoms with Crippen LogP contribution in [0.4, 0.5) is 51.6 Å². The van der Waals surface area contributed by atoms with Crippen molar-refractivity contribution in [1.82, 2.24) is 43.4 Å². The molecule has 78 heavy (non-hydrogen) atoms. The number of anilines is 9. The molecule has 6 fully saturated rings. The Morgan fingerprint density at radius 1 is 0.474 bits per heavy atom. The summed E-state index contributed by atoms with van der Waals surface area (Å²) in [7, 11) is 5.19. The summed E-state index contributed by atoms with van der Waals surface area (Å²) in [6, 6.07) is 22.3. The summed E-state index contributed by atoms with van der Waals surface area (Å²) in [5.74, 6) is 1.86. The van der Waals surface area contributed by atoms with Gasteiger partial charge in [-0.1, -0.05) is 6.42 Å². The maximum atomic E-state index is 13.3. The van der Waals surface area contributed by atoms with E-state index in [9.17, 15) is 14.4 Å². The van der Waals surface area contributed by atoms with Crippen molar-refractivity contribution in [2.75, 3.05) is 116 Å². The molecule has 1 saturated carbocycles. The number of aryl methyl sites for hydroxylation is 3. The molecule has 412 valence electrons. The Balaban J connectivity index is 0.000000207. The Labute approximate surface area is 456 Å². The molecule has 3 N–H and O–H groups in total. The second-order valence-corrected chi connectivity index (χ2v) is 22.1. The van der Waals surface area contributed by atoms with Gasteiger partial charge in [0.25, 0.3) is 16.7 Å². The van der Waals surface area contributed by atoms with Crippen LogP contribution in [-0.4, -0.2) is 165 Å². The number of nitrogens with one attached hydrogen (secondary N) is 3. The van der Waals surface area contributed by atoms with E-state index in [1.807, 2.05) is 55.0 Å². The van der Waals surface area contributed by atoms with Gasteiger partial charge in [0.05, 0.1) is 74.2 Å². The average Bonchev–Trinajstić information content (AvgIpc) is 3.42. The lowest BCUT2D eigenvalue weighted by molar-refractivity contribution is -0.0691. The number of rotatable bonds is 13. The zero-order valence-corrected chi connectivity index (χ0v) is 45.9. The van der Waals surface area contributed by atoms with Crippen LogP contribution in [0.3, 0.4) is 0 Å². The second kappa shape index (κ2) is 23.1. The van der Waals surface area contributed by atoms with Gasteiger partial charge in [0.1, 0.15) is 34.5 Å². The first kappa shape index (κ1) is 52.9. The maximum absolute atomic E-state index is 13.3. The maximum Gasteiger partial charge on any atom is 0.274 e. The van der Waals surface area contributed by atoms with Crippen LogP contribution in [-0.2, 0) is 30.6 Å². The van der Waals surface area contributed by atoms with Crippen molar-refractivity contribution in [1.29, 1.82) is 0 Å². The molecule has 12 rings (SSSR count). The number of nitrogens with zero attached hydrogens (tertiary/aromatic N) is 12. The fourth-order valence-electron chi connectivity index (χ4n) is 11.6. The van der Waals surface area contributed by atoms with Gasteiger partial charge in [-0.3, -0.25) is 29.1 Å². The first-order chi connectivity index (χ1) is 37.8. The molecule has 0 radical (unpaired) electrons. The summed E-state index contributed by atoms with van der Waals surface area (Å²) in [5, 5.41) is 9.61. The van der Waals surface area contributed by atoms with Crippen LogP contribution in [0.15, 0.2) is 112 Å². The van der Waals surface area contributed by atoms with Crippen LogP contribution in [0.1, 0.15) is 40.0 Å². The van der Waals surface area contributed by atoms with Gasteiger partial charge in [-0.2, -0.15) is 0 Å². The molecule has 5 saturated heterocycles. The highest BCUT2D eigenvalue weighted by atomic mass is 16.5. The Kier molecular flexibility index (Phi) is 15.7. The Morgan fingerprint density at radius 3 is 1.19 bits per heavy atom. The van der Waals surface area contributed by atoms with Gasteiger partial charge in [0.2, 0.25) is 0 Å². The first-order valence-electron chi connectivity index (χ1n) is 27.8. The molecule has 5 aliphatic heterocycles. The van der Waals surface area contributed by atoms with Gasteiger partial charge in [0, 0.05) is 134 Å². The zero-order chi connectivity index (χ0) is 54.0. The molecule has 6 aromatic heterocycles. The van der Waals surface area contributed by atoms with Crippen molar-refractivity contribution in [3.8, 4) is 11.1 Å². The highest BCUT2D eigenvalue weighted by Gasteiger charge is 2.35. The molecule has 0 aromatic carbocycles. The summed E-state index contributed by atoms with van der Waals surface area (Å²) in [6.07, 6.45) is 15.0. The number of ether oxygens (including phenoxy) is 2. The molecular formula is C58H75N15O5. The molecule has 0 amide bonds. The third kappa shape index (κ3) is 11.5. The number of piperazine rings is 3. The number of hydrogen-bond acceptors (Lipinski definition) is 17. The van der Waals surface area contributed by atoms with Crippen LogP contribution < -0.4 is 47.3 Å². The predicted molar refractivity (Wildman–Crippen MR) is 309 cm³/mol. The minimum Gasteiger partial charge on any atom is -0.378 e. The van der Waals surface area contributed by atoms with Crippen LogP contribution in [0.25, 0.3) is 11.1 Å². The lowest BCUT2D eigenvalue weighted by atomic mass is 9.90. The molecule has 0 spiro atoms. The first-order valence-corrected chi connectivity index (χ1v) is 27.8. The van der Waals surface area contributed by atoms with Crippen molar-refractivity contribution in [3.63, 3.8) is 0 Å². The molecule has 20 heteroatoms. The molecule has 3 atom stereocenters. The van der Waals surface area contributed by atoms with Gasteiger partial charge in [0.15, 0.2) is 0 Å². The number of pyridine rings is 6. The fourth-order valence-corrected chi connectivity index (χ4v) is 11.6. The molecule has 0 unspecified atom stereocenters. The summed E-state index contributed by atoms with van der Waals surface area (Å²) in [4.78, 5) is 67.4. The third-order valence-electron chi connectivity index (χ3n) is 16.7. The van der Waals surface area contributed by atoms with E-state index in [4.69, 9.17) is 14.5 Å². The highest BCUT2D eigenvalue weighted by molar-refractivity contribution is 5.73. The van der Waals surface area contributed by atoms with Gasteiger partial charge >= 0.3 is 0 Å². The third-order valence-corrected chi connectivity index (χ3v) is 16.7. The standard InChI is InChI=1S/C39H50N10O3.C19H25N5O2/c1-26-20-46(30-6-5-7-30)12-14-48(26)31-8-10-36(40-18-31)42-34-16-28(22-44(3)38(34)50)29-17-35(39(51)45(4)23-29)43-37-11-9-32(19-41-37)49-15-13-47(21-27(49)2)33-24-52-25-33;1-14-11-23(16-12-26-13-16)8-9-24(14)15-5-6-18(20-10-15)21-17-4-3-7-22(2)19(17)25/h8-11,16-19,22-23,26-27,30,33H,5-7,12-15,20-21,24-25H2,1-4H3,(H,40,42)(H,41,43);3-7,10,14,16H,8-9,11-13H2,1-2H3,(H,20,21)/t26-,27-;14-/m00/s1. The van der Waals surface area contributed by atoms with E-state index in [0.29, 0.717) is 64.7 Å². The quantitative estimate of drug-likeness (QED) is 0.133.